The number of fused-ring (bicyclic) bond motifs is 1. The largest absolute Gasteiger partial charge is 0.481 e. The van der Waals surface area contributed by atoms with Crippen molar-refractivity contribution >= 4 is 70.1 Å². The second kappa shape index (κ2) is 30.8. The number of aliphatic imine (C=N–C) groups is 1. The smallest absolute Gasteiger partial charge is 0.305 e. The van der Waals surface area contributed by atoms with Crippen LogP contribution in [0.15, 0.2) is 78.3 Å². The highest BCUT2D eigenvalue weighted by Crippen LogP contribution is 2.20. The summed E-state index contributed by atoms with van der Waals surface area (Å²) in [5.41, 5.74) is 25.0. The lowest BCUT2D eigenvalue weighted by atomic mass is 10.0. The summed E-state index contributed by atoms with van der Waals surface area (Å²) in [5.74, 6) is -8.90. The van der Waals surface area contributed by atoms with Gasteiger partial charge < -0.3 is 69.9 Å². The van der Waals surface area contributed by atoms with E-state index >= 15 is 0 Å². The molecule has 0 fully saturated rings. The Hall–Kier alpha value is -8.19. The highest BCUT2D eigenvalue weighted by atomic mass is 16.4. The van der Waals surface area contributed by atoms with Gasteiger partial charge in [0.1, 0.15) is 36.3 Å². The van der Waals surface area contributed by atoms with Crippen LogP contribution in [-0.2, 0) is 62.4 Å². The molecule has 0 aliphatic carbocycles. The van der Waals surface area contributed by atoms with Crippen molar-refractivity contribution in [3.8, 4) is 0 Å². The number of carboxylic acid groups (broad SMARTS) is 1. The van der Waals surface area contributed by atoms with E-state index in [0.717, 1.165) is 17.8 Å². The standard InChI is InChI=1S/C50H71N15O10/c1-3-4-16-34(52)43(69)62-41(25-42(67)68)49(75)65-40(24-32-27-55-28-58-32)48(74)63-38(22-30-13-6-5-7-14-30)46(72)61-37(19-12-21-56-50(53)54)45(71)64-39(23-31-26-57-35-17-9-8-15-33(31)35)47(73)60-36(18-10-11-20-51)44(70)59-29(2)66/h5-9,13-15,17,26-28,34,36-41,57H,3-4,10-12,16,18-25,51-52H2,1-2H3,(H,55,58)(H,60,73)(H,61,72)(H,62,69)(H,63,74)(H,64,71)(H,65,75)(H,67,68)(H4,53,54,56)(H,59,66,70)/t34-,36-,37-,38-,39-,40-,41-/m0/s1/i/hD. The van der Waals surface area contributed by atoms with Crippen molar-refractivity contribution in [1.82, 2.24) is 52.2 Å². The van der Waals surface area contributed by atoms with E-state index in [9.17, 15) is 48.3 Å². The number of aromatic amines is 2. The molecule has 0 spiro atoms. The van der Waals surface area contributed by atoms with Gasteiger partial charge in [-0.15, -0.1) is 0 Å². The van der Waals surface area contributed by atoms with Crippen LogP contribution in [0.4, 0.5) is 0 Å². The second-order valence-electron chi connectivity index (χ2n) is 17.9. The number of hydrogen-bond acceptors (Lipinski definition) is 13. The number of rotatable bonds is 32. The van der Waals surface area contributed by atoms with E-state index in [4.69, 9.17) is 24.3 Å². The molecule has 2 heterocycles. The Morgan fingerprint density at radius 3 is 1.91 bits per heavy atom. The molecule has 2 aromatic heterocycles. The maximum absolute atomic E-state index is 14.7. The molecule has 0 radical (unpaired) electrons. The highest BCUT2D eigenvalue weighted by Gasteiger charge is 2.35. The zero-order chi connectivity index (χ0) is 55.7. The predicted octanol–water partition coefficient (Wildman–Crippen LogP) is -1.33. The number of carbonyl (C=O) groups is 9. The molecule has 0 saturated heterocycles. The first-order valence-corrected chi connectivity index (χ1v) is 24.8. The van der Waals surface area contributed by atoms with Crippen molar-refractivity contribution in [3.05, 3.63) is 90.1 Å². The number of unbranched alkanes of at least 4 members (excludes halogenated alkanes) is 2. The first-order chi connectivity index (χ1) is 36.3. The van der Waals surface area contributed by atoms with Crippen molar-refractivity contribution in [1.29, 1.82) is 0 Å². The fraction of sp³-hybridized carbons (Fsp3) is 0.460. The summed E-state index contributed by atoms with van der Waals surface area (Å²) < 4.78 is 8.98. The molecule has 2 aromatic carbocycles. The molecule has 75 heavy (non-hydrogen) atoms. The number of carboxylic acids is 1. The highest BCUT2D eigenvalue weighted by molar-refractivity contribution is 6.00. The molecule has 4 rings (SSSR count). The molecule has 406 valence electrons. The average molecular weight is 1040 g/mol. The first-order valence-electron chi connectivity index (χ1n) is 25.2. The Morgan fingerprint density at radius 1 is 0.680 bits per heavy atom. The SMILES string of the molecule is [2H]N(C(=O)[C@H](CC(=O)O)NC(=O)[C@@H](N)CCCC)[C@@H](Cc1cnc[nH]1)C(=O)N[C@@H](Cc1ccccc1)C(=O)N[C@@H](CCCN=C(N)N)C(=O)N[C@@H](Cc1c[nH]c2ccccc12)C(=O)N[C@@H](CCCCN)C(=O)NC(C)=O. The van der Waals surface area contributed by atoms with Gasteiger partial charge in [0.25, 0.3) is 0 Å². The normalized spacial score (nSPS) is 14.0. The van der Waals surface area contributed by atoms with E-state index < -0.39 is 108 Å². The van der Waals surface area contributed by atoms with Gasteiger partial charge in [-0.25, -0.2) is 4.98 Å². The van der Waals surface area contributed by atoms with Crippen LogP contribution in [0.3, 0.4) is 0 Å². The summed E-state index contributed by atoms with van der Waals surface area (Å²) in [6.45, 7) is 3.34. The van der Waals surface area contributed by atoms with Crippen molar-refractivity contribution < 1.29 is 49.7 Å². The Bertz CT molecular complexity index is 2610. The van der Waals surface area contributed by atoms with E-state index in [1.807, 2.05) is 25.1 Å². The number of aromatic nitrogens is 3. The van der Waals surface area contributed by atoms with Crippen LogP contribution in [0.1, 0.15) is 88.5 Å². The van der Waals surface area contributed by atoms with Crippen LogP contribution in [-0.4, -0.2) is 135 Å². The second-order valence-corrected chi connectivity index (χ2v) is 17.9. The number of amides is 8. The zero-order valence-electron chi connectivity index (χ0n) is 43.1. The Morgan fingerprint density at radius 2 is 1.28 bits per heavy atom. The number of hydrogen-bond donors (Lipinski definition) is 14. The quantitative estimate of drug-likeness (QED) is 0.0153. The summed E-state index contributed by atoms with van der Waals surface area (Å²) in [6, 6.07) is 5.42. The Kier molecular flexibility index (Phi) is 23.7. The van der Waals surface area contributed by atoms with Crippen LogP contribution in [0.25, 0.3) is 10.9 Å². The van der Waals surface area contributed by atoms with Crippen LogP contribution in [0.2, 0.25) is 1.41 Å². The van der Waals surface area contributed by atoms with Crippen LogP contribution >= 0.6 is 0 Å². The van der Waals surface area contributed by atoms with Crippen LogP contribution < -0.4 is 60.1 Å². The van der Waals surface area contributed by atoms with E-state index in [1.54, 1.807) is 42.6 Å². The first kappa shape index (κ1) is 57.7. The van der Waals surface area contributed by atoms with Gasteiger partial charge >= 0.3 is 5.97 Å². The number of benzene rings is 2. The van der Waals surface area contributed by atoms with Crippen molar-refractivity contribution in [3.63, 3.8) is 0 Å². The van der Waals surface area contributed by atoms with Crippen LogP contribution in [0.5, 0.6) is 0 Å². The third kappa shape index (κ3) is 20.3. The maximum Gasteiger partial charge on any atom is 0.305 e. The molecule has 0 aliphatic rings. The molecule has 8 amide bonds. The number of H-pyrrole nitrogens is 2. The lowest BCUT2D eigenvalue weighted by Gasteiger charge is -2.28. The number of aliphatic carboxylic acids is 1. The molecule has 4 aromatic rings. The summed E-state index contributed by atoms with van der Waals surface area (Å²) >= 11 is 0. The lowest BCUT2D eigenvalue weighted by molar-refractivity contribution is -0.141. The van der Waals surface area contributed by atoms with Gasteiger partial charge in [0.15, 0.2) is 7.37 Å². The van der Waals surface area contributed by atoms with Crippen LogP contribution in [0, 0.1) is 0 Å². The Labute approximate surface area is 435 Å². The number of nitrogens with zero attached hydrogens (tertiary/aromatic N) is 2. The minimum Gasteiger partial charge on any atom is -0.481 e. The van der Waals surface area contributed by atoms with E-state index in [-0.39, 0.29) is 62.0 Å². The predicted molar refractivity (Wildman–Crippen MR) is 277 cm³/mol. The molecule has 0 bridgehead atoms. The van der Waals surface area contributed by atoms with E-state index in [1.165, 1.54) is 12.5 Å². The summed E-state index contributed by atoms with van der Waals surface area (Å²) in [5, 5.41) is 26.0. The lowest BCUT2D eigenvalue weighted by Crippen LogP contribution is -2.61. The molecule has 25 nitrogen and oxygen atoms in total. The van der Waals surface area contributed by atoms with Gasteiger partial charge in [0, 0.05) is 61.7 Å². The molecule has 0 unspecified atom stereocenters. The summed E-state index contributed by atoms with van der Waals surface area (Å²) in [6.07, 6.45) is 5.13. The monoisotopic (exact) mass is 1040 g/mol. The maximum atomic E-state index is 14.7. The number of imidazole rings is 1. The molecule has 18 N–H and O–H groups in total. The van der Waals surface area contributed by atoms with Gasteiger partial charge in [-0.05, 0) is 62.3 Å². The molecular formula is C50H71N15O10. The average Bonchev–Trinajstić information content (AvgIpc) is 4.06. The van der Waals surface area contributed by atoms with Gasteiger partial charge in [-0.1, -0.05) is 68.3 Å². The fourth-order valence-electron chi connectivity index (χ4n) is 7.92. The Balaban J connectivity index is 1.71. The topological polar surface area (TPSA) is 419 Å². The molecule has 25 heteroatoms. The van der Waals surface area contributed by atoms with Gasteiger partial charge in [-0.2, -0.15) is 0 Å². The molecule has 0 saturated carbocycles. The van der Waals surface area contributed by atoms with E-state index in [2.05, 4.69) is 51.8 Å². The van der Waals surface area contributed by atoms with Gasteiger partial charge in [0.05, 0.1) is 18.8 Å². The molecular weight excluding hydrogens is 971 g/mol. The summed E-state index contributed by atoms with van der Waals surface area (Å²) in [4.78, 5) is 136. The van der Waals surface area contributed by atoms with Crippen molar-refractivity contribution in [2.24, 2.45) is 27.9 Å². The fourth-order valence-corrected chi connectivity index (χ4v) is 7.92. The number of imide groups is 1. The van der Waals surface area contributed by atoms with Gasteiger partial charge in [0.2, 0.25) is 47.3 Å². The number of guanidine groups is 1. The van der Waals surface area contributed by atoms with E-state index in [0.29, 0.717) is 43.4 Å². The molecule has 0 aliphatic heterocycles. The number of nitrogens with one attached hydrogen (secondary N) is 9. The van der Waals surface area contributed by atoms with Crippen molar-refractivity contribution in [2.45, 2.75) is 133 Å². The molecule has 7 atom stereocenters. The third-order valence-electron chi connectivity index (χ3n) is 11.9. The third-order valence-corrected chi connectivity index (χ3v) is 11.9. The van der Waals surface area contributed by atoms with Gasteiger partial charge in [-0.3, -0.25) is 53.5 Å². The zero-order valence-corrected chi connectivity index (χ0v) is 42.1. The minimum atomic E-state index is -1.82. The summed E-state index contributed by atoms with van der Waals surface area (Å²) in [7, 11) is 0. The van der Waals surface area contributed by atoms with Crippen molar-refractivity contribution in [2.75, 3.05) is 13.1 Å². The number of para-hydroxylation sites is 1. The minimum absolute atomic E-state index is 0.0117. The number of nitrogens with two attached hydrogens (primary N) is 4. The number of carbonyl (C=O) groups excluding carboxylic acids is 8.